The highest BCUT2D eigenvalue weighted by atomic mass is 16.5. The average Bonchev–Trinajstić information content (AvgIpc) is 3.13. The van der Waals surface area contributed by atoms with Crippen LogP contribution in [0.15, 0.2) is 48.5 Å². The molecule has 33 heavy (non-hydrogen) atoms. The summed E-state index contributed by atoms with van der Waals surface area (Å²) in [6.45, 7) is 1.80. The highest BCUT2D eigenvalue weighted by Crippen LogP contribution is 2.44. The van der Waals surface area contributed by atoms with Crippen LogP contribution in [0.5, 0.6) is 0 Å². The minimum absolute atomic E-state index is 0.0312. The minimum Gasteiger partial charge on any atom is -0.479 e. The van der Waals surface area contributed by atoms with E-state index in [4.69, 9.17) is 9.84 Å². The molecule has 2 amide bonds. The first-order chi connectivity index (χ1) is 15.9. The molecule has 1 aliphatic rings. The molecule has 0 aliphatic heterocycles. The third kappa shape index (κ3) is 6.32. The van der Waals surface area contributed by atoms with Crippen molar-refractivity contribution in [3.63, 3.8) is 0 Å². The van der Waals surface area contributed by atoms with Gasteiger partial charge in [0, 0.05) is 18.4 Å². The number of carbonyl (C=O) groups excluding carboxylic acids is 2. The third-order valence-electron chi connectivity index (χ3n) is 5.78. The number of unbranched alkanes of at least 4 members (excludes halogenated alkanes) is 1. The van der Waals surface area contributed by atoms with E-state index in [1.165, 1.54) is 0 Å². The number of aliphatic hydroxyl groups excluding tert-OH is 1. The maximum Gasteiger partial charge on any atom is 0.407 e. The number of nitrogens with one attached hydrogen (secondary N) is 2. The molecule has 0 radical (unpaired) electrons. The van der Waals surface area contributed by atoms with E-state index in [9.17, 15) is 19.5 Å². The molecule has 1 unspecified atom stereocenters. The van der Waals surface area contributed by atoms with Gasteiger partial charge < -0.3 is 25.6 Å². The molecule has 0 heterocycles. The van der Waals surface area contributed by atoms with E-state index in [0.29, 0.717) is 6.42 Å². The van der Waals surface area contributed by atoms with Crippen molar-refractivity contribution in [2.75, 3.05) is 13.2 Å². The molecule has 0 saturated heterocycles. The van der Waals surface area contributed by atoms with Crippen LogP contribution < -0.4 is 10.6 Å². The number of aliphatic hydroxyl groups is 1. The fourth-order valence-electron chi connectivity index (χ4n) is 4.08. The maximum atomic E-state index is 12.6. The second kappa shape index (κ2) is 11.5. The van der Waals surface area contributed by atoms with Gasteiger partial charge in [0.05, 0.1) is 6.54 Å². The highest BCUT2D eigenvalue weighted by molar-refractivity contribution is 5.80. The SMILES string of the molecule is CCCC[C@H](CC(=O)NCC(O)C(=O)O)NC(=O)OCC1c2ccccc2-c2ccccc21. The summed E-state index contributed by atoms with van der Waals surface area (Å²) in [4.78, 5) is 35.4. The van der Waals surface area contributed by atoms with Crippen LogP contribution in [0.3, 0.4) is 0 Å². The Balaban J connectivity index is 1.57. The number of ether oxygens (including phenoxy) is 1. The van der Waals surface area contributed by atoms with Crippen LogP contribution in [-0.4, -0.2) is 53.5 Å². The molecular formula is C25H30N2O6. The second-order valence-electron chi connectivity index (χ2n) is 8.17. The van der Waals surface area contributed by atoms with Crippen molar-refractivity contribution in [3.05, 3.63) is 59.7 Å². The first-order valence-electron chi connectivity index (χ1n) is 11.2. The van der Waals surface area contributed by atoms with Crippen molar-refractivity contribution in [1.29, 1.82) is 0 Å². The van der Waals surface area contributed by atoms with E-state index in [1.807, 2.05) is 43.3 Å². The van der Waals surface area contributed by atoms with Crippen LogP contribution in [0.2, 0.25) is 0 Å². The summed E-state index contributed by atoms with van der Waals surface area (Å²) in [6, 6.07) is 15.7. The largest absolute Gasteiger partial charge is 0.479 e. The van der Waals surface area contributed by atoms with Gasteiger partial charge in [-0.1, -0.05) is 68.3 Å². The highest BCUT2D eigenvalue weighted by Gasteiger charge is 2.29. The van der Waals surface area contributed by atoms with Gasteiger partial charge in [-0.05, 0) is 28.7 Å². The fourth-order valence-corrected chi connectivity index (χ4v) is 4.08. The lowest BCUT2D eigenvalue weighted by atomic mass is 9.98. The zero-order valence-corrected chi connectivity index (χ0v) is 18.6. The topological polar surface area (TPSA) is 125 Å². The number of carboxylic acid groups (broad SMARTS) is 1. The number of carbonyl (C=O) groups is 3. The Bertz CT molecular complexity index is 947. The van der Waals surface area contributed by atoms with Crippen LogP contribution in [-0.2, 0) is 14.3 Å². The Morgan fingerprint density at radius 3 is 2.21 bits per heavy atom. The fraction of sp³-hybridized carbons (Fsp3) is 0.400. The molecule has 3 rings (SSSR count). The lowest BCUT2D eigenvalue weighted by Gasteiger charge is -2.20. The number of hydrogen-bond acceptors (Lipinski definition) is 5. The number of fused-ring (bicyclic) bond motifs is 3. The average molecular weight is 455 g/mol. The maximum absolute atomic E-state index is 12.6. The minimum atomic E-state index is -1.67. The molecule has 0 fully saturated rings. The van der Waals surface area contributed by atoms with Crippen molar-refractivity contribution in [2.45, 2.75) is 50.7 Å². The van der Waals surface area contributed by atoms with Crippen molar-refractivity contribution in [3.8, 4) is 11.1 Å². The van der Waals surface area contributed by atoms with Crippen molar-refractivity contribution in [2.24, 2.45) is 0 Å². The first-order valence-corrected chi connectivity index (χ1v) is 11.2. The number of aliphatic carboxylic acids is 1. The van der Waals surface area contributed by atoms with Gasteiger partial charge in [-0.3, -0.25) is 4.79 Å². The standard InChI is InChI=1S/C25H30N2O6/c1-2-3-8-16(13-23(29)26-14-22(28)24(30)31)27-25(32)33-15-21-19-11-6-4-9-17(19)18-10-5-7-12-20(18)21/h4-7,9-12,16,21-22,28H,2-3,8,13-15H2,1H3,(H,26,29)(H,27,32)(H,30,31)/t16-,22?/m1/s1. The molecule has 0 spiro atoms. The van der Waals surface area contributed by atoms with Gasteiger partial charge in [0.1, 0.15) is 6.61 Å². The molecule has 4 N–H and O–H groups in total. The van der Waals surface area contributed by atoms with E-state index >= 15 is 0 Å². The van der Waals surface area contributed by atoms with Crippen molar-refractivity contribution >= 4 is 18.0 Å². The summed E-state index contributed by atoms with van der Waals surface area (Å²) in [5.74, 6) is -1.91. The van der Waals surface area contributed by atoms with Crippen LogP contribution >= 0.6 is 0 Å². The molecule has 0 saturated carbocycles. The van der Waals surface area contributed by atoms with Gasteiger partial charge >= 0.3 is 12.1 Å². The summed E-state index contributed by atoms with van der Waals surface area (Å²) in [5, 5.41) is 23.2. The number of rotatable bonds is 11. The molecular weight excluding hydrogens is 424 g/mol. The zero-order valence-electron chi connectivity index (χ0n) is 18.6. The number of hydrogen-bond donors (Lipinski definition) is 4. The van der Waals surface area contributed by atoms with Crippen LogP contribution in [0.25, 0.3) is 11.1 Å². The van der Waals surface area contributed by atoms with E-state index in [-0.39, 0.29) is 25.5 Å². The Morgan fingerprint density at radius 1 is 1.03 bits per heavy atom. The molecule has 0 bridgehead atoms. The summed E-state index contributed by atoms with van der Waals surface area (Å²) in [6.07, 6.45) is -0.0253. The Hall–Kier alpha value is -3.39. The molecule has 2 aromatic rings. The number of amides is 2. The number of benzene rings is 2. The lowest BCUT2D eigenvalue weighted by Crippen LogP contribution is -2.42. The molecule has 0 aromatic heterocycles. The van der Waals surface area contributed by atoms with Crippen LogP contribution in [0, 0.1) is 0 Å². The van der Waals surface area contributed by atoms with Gasteiger partial charge in [-0.2, -0.15) is 0 Å². The van der Waals surface area contributed by atoms with Gasteiger partial charge in [0.2, 0.25) is 5.91 Å². The van der Waals surface area contributed by atoms with Crippen LogP contribution in [0.4, 0.5) is 4.79 Å². The summed E-state index contributed by atoms with van der Waals surface area (Å²) >= 11 is 0. The van der Waals surface area contributed by atoms with Crippen LogP contribution in [0.1, 0.15) is 49.7 Å². The zero-order chi connectivity index (χ0) is 23.8. The number of alkyl carbamates (subject to hydrolysis) is 1. The Labute approximate surface area is 193 Å². The predicted octanol–water partition coefficient (Wildman–Crippen LogP) is 3.04. The molecule has 8 heteroatoms. The first kappa shape index (κ1) is 24.3. The Morgan fingerprint density at radius 2 is 1.64 bits per heavy atom. The molecule has 176 valence electrons. The quantitative estimate of drug-likeness (QED) is 0.414. The van der Waals surface area contributed by atoms with Gasteiger partial charge in [-0.15, -0.1) is 0 Å². The second-order valence-corrected chi connectivity index (χ2v) is 8.17. The summed E-state index contributed by atoms with van der Waals surface area (Å²) < 4.78 is 5.56. The number of carboxylic acids is 1. The summed E-state index contributed by atoms with van der Waals surface area (Å²) in [5.41, 5.74) is 4.52. The monoisotopic (exact) mass is 454 g/mol. The van der Waals surface area contributed by atoms with E-state index < -0.39 is 30.1 Å². The Kier molecular flexibility index (Phi) is 8.43. The van der Waals surface area contributed by atoms with Crippen molar-refractivity contribution < 1.29 is 29.3 Å². The lowest BCUT2D eigenvalue weighted by molar-refractivity contribution is -0.146. The third-order valence-corrected chi connectivity index (χ3v) is 5.78. The molecule has 2 aromatic carbocycles. The van der Waals surface area contributed by atoms with E-state index in [0.717, 1.165) is 35.1 Å². The molecule has 2 atom stereocenters. The summed E-state index contributed by atoms with van der Waals surface area (Å²) in [7, 11) is 0. The van der Waals surface area contributed by atoms with Crippen molar-refractivity contribution in [1.82, 2.24) is 10.6 Å². The van der Waals surface area contributed by atoms with E-state index in [1.54, 1.807) is 0 Å². The normalized spacial score (nSPS) is 14.0. The predicted molar refractivity (Wildman–Crippen MR) is 123 cm³/mol. The van der Waals surface area contributed by atoms with Gasteiger partial charge in [0.25, 0.3) is 0 Å². The van der Waals surface area contributed by atoms with Gasteiger partial charge in [0.15, 0.2) is 6.10 Å². The van der Waals surface area contributed by atoms with Gasteiger partial charge in [-0.25, -0.2) is 9.59 Å². The molecule has 1 aliphatic carbocycles. The van der Waals surface area contributed by atoms with E-state index in [2.05, 4.69) is 22.8 Å². The molecule has 8 nitrogen and oxygen atoms in total. The smallest absolute Gasteiger partial charge is 0.407 e.